The number of ether oxygens (including phenoxy) is 1. The van der Waals surface area contributed by atoms with Gasteiger partial charge in [-0.2, -0.15) is 5.10 Å². The standard InChI is InChI=1S/C21H26ClN3O4/c1-15-4-6-17(22)18(12-15)29-14-21(28)8-3-10-24(11-9-21)20(27)13-25-19(26)7-5-16(2)23-25/h4-7,12,28H,3,8-11,13-14H2,1-2H3. The third-order valence-electron chi connectivity index (χ3n) is 5.14. The fraction of sp³-hybridized carbons (Fsp3) is 0.476. The molecule has 1 aliphatic rings. The Labute approximate surface area is 174 Å². The first-order chi connectivity index (χ1) is 13.8. The van der Waals surface area contributed by atoms with Gasteiger partial charge in [-0.05, 0) is 56.9 Å². The summed E-state index contributed by atoms with van der Waals surface area (Å²) in [4.78, 5) is 26.2. The second-order valence-electron chi connectivity index (χ2n) is 7.65. The molecule has 1 unspecified atom stereocenters. The number of hydrogen-bond acceptors (Lipinski definition) is 5. The minimum absolute atomic E-state index is 0.103. The van der Waals surface area contributed by atoms with E-state index in [0.717, 1.165) is 5.56 Å². The molecule has 2 heterocycles. The molecule has 1 aromatic carbocycles. The van der Waals surface area contributed by atoms with Crippen molar-refractivity contribution in [3.63, 3.8) is 0 Å². The smallest absolute Gasteiger partial charge is 0.267 e. The normalized spacial score (nSPS) is 19.7. The number of aryl methyl sites for hydroxylation is 2. The number of rotatable bonds is 5. The van der Waals surface area contributed by atoms with Gasteiger partial charge in [0.25, 0.3) is 5.56 Å². The minimum Gasteiger partial charge on any atom is -0.489 e. The average Bonchev–Trinajstić information content (AvgIpc) is 2.88. The van der Waals surface area contributed by atoms with Crippen LogP contribution in [0.2, 0.25) is 5.02 Å². The quantitative estimate of drug-likeness (QED) is 0.804. The van der Waals surface area contributed by atoms with E-state index in [-0.39, 0.29) is 24.6 Å². The molecule has 0 spiro atoms. The Kier molecular flexibility index (Phi) is 6.59. The molecular formula is C21H26ClN3O4. The summed E-state index contributed by atoms with van der Waals surface area (Å²) in [5, 5.41) is 15.6. The summed E-state index contributed by atoms with van der Waals surface area (Å²) < 4.78 is 6.97. The van der Waals surface area contributed by atoms with E-state index in [2.05, 4.69) is 5.10 Å². The van der Waals surface area contributed by atoms with Crippen LogP contribution >= 0.6 is 11.6 Å². The molecule has 1 saturated heterocycles. The van der Waals surface area contributed by atoms with Gasteiger partial charge in [-0.3, -0.25) is 9.59 Å². The van der Waals surface area contributed by atoms with Crippen LogP contribution in [0.1, 0.15) is 30.5 Å². The number of benzene rings is 1. The summed E-state index contributed by atoms with van der Waals surface area (Å²) in [7, 11) is 0. The number of aliphatic hydroxyl groups is 1. The van der Waals surface area contributed by atoms with Crippen LogP contribution in [0.5, 0.6) is 5.75 Å². The van der Waals surface area contributed by atoms with E-state index in [0.29, 0.717) is 48.8 Å². The Morgan fingerprint density at radius 2 is 2.03 bits per heavy atom. The fourth-order valence-electron chi connectivity index (χ4n) is 3.40. The number of likely N-dealkylation sites (tertiary alicyclic amines) is 1. The number of carbonyl (C=O) groups excluding carboxylic acids is 1. The van der Waals surface area contributed by atoms with Gasteiger partial charge in [0.15, 0.2) is 0 Å². The van der Waals surface area contributed by atoms with Gasteiger partial charge in [-0.25, -0.2) is 4.68 Å². The van der Waals surface area contributed by atoms with Gasteiger partial charge >= 0.3 is 0 Å². The molecule has 156 valence electrons. The number of aromatic nitrogens is 2. The molecule has 1 aliphatic heterocycles. The van der Waals surface area contributed by atoms with Gasteiger partial charge in [-0.15, -0.1) is 0 Å². The molecule has 1 amide bonds. The van der Waals surface area contributed by atoms with Gasteiger partial charge in [0, 0.05) is 19.2 Å². The van der Waals surface area contributed by atoms with Gasteiger partial charge in [-0.1, -0.05) is 17.7 Å². The maximum absolute atomic E-state index is 12.7. The number of hydrogen-bond donors (Lipinski definition) is 1. The zero-order valence-corrected chi connectivity index (χ0v) is 17.5. The van der Waals surface area contributed by atoms with Crippen molar-refractivity contribution in [3.05, 3.63) is 57.0 Å². The Bertz CT molecular complexity index is 946. The molecule has 0 bridgehead atoms. The molecule has 0 saturated carbocycles. The highest BCUT2D eigenvalue weighted by Crippen LogP contribution is 2.29. The first-order valence-electron chi connectivity index (χ1n) is 9.70. The van der Waals surface area contributed by atoms with Crippen LogP contribution in [0.3, 0.4) is 0 Å². The number of carbonyl (C=O) groups is 1. The van der Waals surface area contributed by atoms with E-state index in [1.165, 1.54) is 10.7 Å². The fourth-order valence-corrected chi connectivity index (χ4v) is 3.57. The van der Waals surface area contributed by atoms with Crippen LogP contribution in [0.15, 0.2) is 35.1 Å². The van der Waals surface area contributed by atoms with Crippen LogP contribution in [0.4, 0.5) is 0 Å². The monoisotopic (exact) mass is 419 g/mol. The number of nitrogens with zero attached hydrogens (tertiary/aromatic N) is 3. The molecular weight excluding hydrogens is 394 g/mol. The largest absolute Gasteiger partial charge is 0.489 e. The summed E-state index contributed by atoms with van der Waals surface area (Å²) in [5.41, 5.74) is 0.350. The highest BCUT2D eigenvalue weighted by atomic mass is 35.5. The Balaban J connectivity index is 1.60. The van der Waals surface area contributed by atoms with E-state index in [4.69, 9.17) is 16.3 Å². The van der Waals surface area contributed by atoms with E-state index in [9.17, 15) is 14.7 Å². The molecule has 1 N–H and O–H groups in total. The van der Waals surface area contributed by atoms with Gasteiger partial charge in [0.05, 0.1) is 10.7 Å². The summed E-state index contributed by atoms with van der Waals surface area (Å²) >= 11 is 6.16. The van der Waals surface area contributed by atoms with Crippen molar-refractivity contribution in [1.82, 2.24) is 14.7 Å². The molecule has 3 rings (SSSR count). The van der Waals surface area contributed by atoms with Crippen LogP contribution < -0.4 is 10.3 Å². The van der Waals surface area contributed by atoms with Gasteiger partial charge < -0.3 is 14.7 Å². The van der Waals surface area contributed by atoms with Crippen molar-refractivity contribution in [1.29, 1.82) is 0 Å². The molecule has 7 nitrogen and oxygen atoms in total. The van der Waals surface area contributed by atoms with Crippen molar-refractivity contribution in [2.75, 3.05) is 19.7 Å². The van der Waals surface area contributed by atoms with Crippen molar-refractivity contribution in [3.8, 4) is 5.75 Å². The Morgan fingerprint density at radius 1 is 1.24 bits per heavy atom. The van der Waals surface area contributed by atoms with Crippen LogP contribution in [-0.4, -0.2) is 51.0 Å². The summed E-state index contributed by atoms with van der Waals surface area (Å²) in [6.07, 6.45) is 1.55. The third kappa shape index (κ3) is 5.58. The van der Waals surface area contributed by atoms with Crippen molar-refractivity contribution < 1.29 is 14.6 Å². The third-order valence-corrected chi connectivity index (χ3v) is 5.45. The zero-order valence-electron chi connectivity index (χ0n) is 16.7. The highest BCUT2D eigenvalue weighted by molar-refractivity contribution is 6.32. The lowest BCUT2D eigenvalue weighted by atomic mass is 9.96. The lowest BCUT2D eigenvalue weighted by molar-refractivity contribution is -0.132. The molecule has 0 aliphatic carbocycles. The number of halogens is 1. The zero-order chi connectivity index (χ0) is 21.0. The van der Waals surface area contributed by atoms with E-state index >= 15 is 0 Å². The molecule has 1 fully saturated rings. The minimum atomic E-state index is -1.04. The SMILES string of the molecule is Cc1ccc(Cl)c(OCC2(O)CCCN(C(=O)Cn3nc(C)ccc3=O)CC2)c1. The van der Waals surface area contributed by atoms with E-state index in [1.54, 1.807) is 24.0 Å². The molecule has 1 atom stereocenters. The van der Waals surface area contributed by atoms with Gasteiger partial charge in [0.1, 0.15) is 24.5 Å². The predicted octanol–water partition coefficient (Wildman–Crippen LogP) is 2.34. The van der Waals surface area contributed by atoms with Crippen LogP contribution in [0.25, 0.3) is 0 Å². The number of amides is 1. The lowest BCUT2D eigenvalue weighted by Gasteiger charge is -2.27. The summed E-state index contributed by atoms with van der Waals surface area (Å²) in [5.74, 6) is 0.360. The first kappa shape index (κ1) is 21.3. The van der Waals surface area contributed by atoms with Crippen molar-refractivity contribution in [2.24, 2.45) is 0 Å². The van der Waals surface area contributed by atoms with Crippen LogP contribution in [0, 0.1) is 13.8 Å². The van der Waals surface area contributed by atoms with Crippen molar-refractivity contribution in [2.45, 2.75) is 45.3 Å². The molecule has 29 heavy (non-hydrogen) atoms. The summed E-state index contributed by atoms with van der Waals surface area (Å²) in [6, 6.07) is 8.53. The highest BCUT2D eigenvalue weighted by Gasteiger charge is 2.32. The summed E-state index contributed by atoms with van der Waals surface area (Å²) in [6.45, 7) is 4.63. The maximum atomic E-state index is 12.7. The first-order valence-corrected chi connectivity index (χ1v) is 10.1. The van der Waals surface area contributed by atoms with E-state index in [1.807, 2.05) is 19.1 Å². The van der Waals surface area contributed by atoms with E-state index < -0.39 is 5.60 Å². The maximum Gasteiger partial charge on any atom is 0.267 e. The second-order valence-corrected chi connectivity index (χ2v) is 8.06. The predicted molar refractivity (Wildman–Crippen MR) is 110 cm³/mol. The molecule has 2 aromatic rings. The van der Waals surface area contributed by atoms with Gasteiger partial charge in [0.2, 0.25) is 5.91 Å². The topological polar surface area (TPSA) is 84.7 Å². The second kappa shape index (κ2) is 8.97. The van der Waals surface area contributed by atoms with Crippen molar-refractivity contribution >= 4 is 17.5 Å². The van der Waals surface area contributed by atoms with Crippen LogP contribution in [-0.2, 0) is 11.3 Å². The lowest BCUT2D eigenvalue weighted by Crippen LogP contribution is -2.40. The molecule has 8 heteroatoms. The molecule has 0 radical (unpaired) electrons. The Morgan fingerprint density at radius 3 is 2.83 bits per heavy atom. The average molecular weight is 420 g/mol. The Hall–Kier alpha value is -2.38. The molecule has 1 aromatic heterocycles.